The highest BCUT2D eigenvalue weighted by molar-refractivity contribution is 9.11. The fourth-order valence-corrected chi connectivity index (χ4v) is 4.01. The van der Waals surface area contributed by atoms with Gasteiger partial charge in [-0.3, -0.25) is 4.65 Å². The molecule has 3 atom stereocenters. The van der Waals surface area contributed by atoms with Crippen LogP contribution in [0.3, 0.4) is 0 Å². The summed E-state index contributed by atoms with van der Waals surface area (Å²) in [6.45, 7) is 2.70. The Hall–Kier alpha value is 0.430. The lowest BCUT2D eigenvalue weighted by Gasteiger charge is -2.37. The molecule has 0 spiro atoms. The molecule has 0 bridgehead atoms. The lowest BCUT2D eigenvalue weighted by Crippen LogP contribution is -2.49. The van der Waals surface area contributed by atoms with Crippen molar-refractivity contribution >= 4 is 48.3 Å². The average Bonchev–Trinajstić information content (AvgIpc) is 2.86. The number of aliphatic hydroxyl groups is 1. The number of nitrogens with zero attached hydrogens (tertiary/aromatic N) is 3. The van der Waals surface area contributed by atoms with Gasteiger partial charge in [-0.05, 0) is 33.7 Å². The zero-order valence-corrected chi connectivity index (χ0v) is 13.9. The van der Waals surface area contributed by atoms with E-state index in [4.69, 9.17) is 0 Å². The minimum absolute atomic E-state index is 0.134. The van der Waals surface area contributed by atoms with Crippen molar-refractivity contribution in [3.63, 3.8) is 0 Å². The van der Waals surface area contributed by atoms with Gasteiger partial charge in [-0.15, -0.1) is 0 Å². The first-order valence-corrected chi connectivity index (χ1v) is 8.26. The normalized spacial score (nSPS) is 30.8. The Morgan fingerprint density at radius 3 is 3.06 bits per heavy atom. The van der Waals surface area contributed by atoms with Crippen LogP contribution in [0.1, 0.15) is 19.8 Å². The molecule has 5 nitrogen and oxygen atoms in total. The van der Waals surface area contributed by atoms with Crippen LogP contribution < -0.4 is 4.65 Å². The largest absolute Gasteiger partial charge is 0.623 e. The third-order valence-corrected chi connectivity index (χ3v) is 5.61. The molecule has 8 heteroatoms. The first kappa shape index (κ1) is 14.8. The lowest BCUT2D eigenvalue weighted by molar-refractivity contribution is 0.0846. The van der Waals surface area contributed by atoms with Crippen molar-refractivity contribution in [1.82, 2.24) is 14.5 Å². The quantitative estimate of drug-likeness (QED) is 0.365. The van der Waals surface area contributed by atoms with Crippen molar-refractivity contribution < 1.29 is 5.11 Å². The number of quaternary nitrogens is 1. The van der Waals surface area contributed by atoms with Gasteiger partial charge in [0, 0.05) is 0 Å². The Kier molecular flexibility index (Phi) is 4.80. The smallest absolute Gasteiger partial charge is 0.290 e. The molecule has 3 unspecified atom stereocenters. The maximum atomic E-state index is 12.7. The van der Waals surface area contributed by atoms with E-state index in [9.17, 15) is 10.3 Å². The Morgan fingerprint density at radius 1 is 1.78 bits per heavy atom. The number of rotatable bonds is 4. The maximum absolute atomic E-state index is 12.7. The van der Waals surface area contributed by atoms with E-state index in [0.717, 1.165) is 16.6 Å². The molecule has 102 valence electrons. The van der Waals surface area contributed by atoms with Crippen LogP contribution in [-0.4, -0.2) is 39.4 Å². The number of hydrogen-bond acceptors (Lipinski definition) is 5. The number of thiazole rings is 1. The fourth-order valence-electron chi connectivity index (χ4n) is 2.00. The van der Waals surface area contributed by atoms with E-state index >= 15 is 0 Å². The second-order valence-electron chi connectivity index (χ2n) is 4.36. The van der Waals surface area contributed by atoms with Gasteiger partial charge in [-0.2, -0.15) is 4.98 Å². The highest BCUT2D eigenvalue weighted by Crippen LogP contribution is 2.37. The second kappa shape index (κ2) is 5.82. The molecule has 1 aliphatic heterocycles. The lowest BCUT2D eigenvalue weighted by atomic mass is 10.3. The Morgan fingerprint density at radius 2 is 2.50 bits per heavy atom. The third-order valence-electron chi connectivity index (χ3n) is 2.98. The number of β-amino-alcohol motifs (C(OH)–C–C–N with tert-alkyl or cyclic N) is 1. The van der Waals surface area contributed by atoms with Gasteiger partial charge in [0.15, 0.2) is 0 Å². The topological polar surface area (TPSA) is 59.4 Å². The van der Waals surface area contributed by atoms with E-state index in [1.807, 2.05) is 4.90 Å². The summed E-state index contributed by atoms with van der Waals surface area (Å²) in [5.74, 6) is 0. The molecule has 1 fully saturated rings. The summed E-state index contributed by atoms with van der Waals surface area (Å²) >= 11 is 8.13. The molecule has 1 aromatic rings. The van der Waals surface area contributed by atoms with E-state index in [2.05, 4.69) is 43.8 Å². The van der Waals surface area contributed by atoms with Gasteiger partial charge in [0.2, 0.25) is 6.23 Å². The van der Waals surface area contributed by atoms with E-state index < -0.39 is 10.9 Å². The van der Waals surface area contributed by atoms with Crippen LogP contribution in [0.15, 0.2) is 9.98 Å². The van der Waals surface area contributed by atoms with Gasteiger partial charge in [-0.1, -0.05) is 29.3 Å². The summed E-state index contributed by atoms with van der Waals surface area (Å²) in [5, 5.41) is 23.2. The fraction of sp³-hybridized carbons (Fsp3) is 0.700. The molecule has 1 N–H and O–H groups in total. The Labute approximate surface area is 127 Å². The molecular formula is C10H15Br2N3O2S. The second-order valence-corrected chi connectivity index (χ2v) is 7.80. The summed E-state index contributed by atoms with van der Waals surface area (Å²) < 4.78 is 0.0303. The number of aliphatic hydroxyl groups excluding tert-OH is 1. The van der Waals surface area contributed by atoms with Gasteiger partial charge in [0.1, 0.15) is 6.67 Å². The number of halogens is 2. The third kappa shape index (κ3) is 2.79. The predicted molar refractivity (Wildman–Crippen MR) is 80.2 cm³/mol. The van der Waals surface area contributed by atoms with Crippen molar-refractivity contribution in [3.8, 4) is 0 Å². The van der Waals surface area contributed by atoms with Crippen LogP contribution in [0.25, 0.3) is 0 Å². The minimum atomic E-state index is -0.972. The monoisotopic (exact) mass is 399 g/mol. The summed E-state index contributed by atoms with van der Waals surface area (Å²) in [7, 11) is 0. The van der Waals surface area contributed by atoms with Gasteiger partial charge in [0.25, 0.3) is 5.13 Å². The molecule has 2 heterocycles. The summed E-state index contributed by atoms with van der Waals surface area (Å²) in [5.41, 5.74) is 0. The number of aromatic nitrogens is 1. The van der Waals surface area contributed by atoms with Crippen LogP contribution in [0.2, 0.25) is 0 Å². The number of hydroxylamine groups is 2. The molecule has 1 aromatic heterocycles. The van der Waals surface area contributed by atoms with Crippen molar-refractivity contribution in [2.75, 3.05) is 13.2 Å². The van der Waals surface area contributed by atoms with Gasteiger partial charge in [0.05, 0.1) is 21.5 Å². The van der Waals surface area contributed by atoms with Crippen molar-refractivity contribution in [3.05, 3.63) is 15.2 Å². The molecule has 0 saturated carbocycles. The average molecular weight is 401 g/mol. The van der Waals surface area contributed by atoms with Crippen LogP contribution in [0.4, 0.5) is 5.13 Å². The van der Waals surface area contributed by atoms with E-state index in [1.54, 1.807) is 6.20 Å². The zero-order chi connectivity index (χ0) is 13.3. The number of hydrogen-bond donors (Lipinski definition) is 1. The highest BCUT2D eigenvalue weighted by atomic mass is 79.9. The van der Waals surface area contributed by atoms with Crippen LogP contribution in [0.5, 0.6) is 0 Å². The summed E-state index contributed by atoms with van der Waals surface area (Å²) in [6, 6.07) is 0. The van der Waals surface area contributed by atoms with Crippen molar-refractivity contribution in [1.29, 1.82) is 0 Å². The van der Waals surface area contributed by atoms with Gasteiger partial charge < -0.3 is 10.3 Å². The molecule has 2 rings (SSSR count). The molecule has 0 aromatic carbocycles. The molecule has 1 aliphatic rings. The van der Waals surface area contributed by atoms with E-state index in [-0.39, 0.29) is 11.6 Å². The van der Waals surface area contributed by atoms with E-state index in [0.29, 0.717) is 11.7 Å². The summed E-state index contributed by atoms with van der Waals surface area (Å²) in [6.07, 6.45) is 2.61. The highest BCUT2D eigenvalue weighted by Gasteiger charge is 2.44. The molecule has 0 amide bonds. The van der Waals surface area contributed by atoms with Gasteiger partial charge >= 0.3 is 0 Å². The van der Waals surface area contributed by atoms with Gasteiger partial charge in [-0.25, -0.2) is 4.90 Å². The standard InChI is InChI=1S/C10H15Br2N3O2S/c1-2-3-7(11)14-5-9(16)15(17,6-14)10-13-4-8(12)18-10/h4,7,9,16H,2-3,5-6H2,1H3. The number of alkyl halides is 1. The molecular weight excluding hydrogens is 386 g/mol. The predicted octanol–water partition coefficient (Wildman–Crippen LogP) is 2.82. The summed E-state index contributed by atoms with van der Waals surface area (Å²) in [4.78, 5) is 6.19. The SMILES string of the molecule is CCCC(Br)N1CC(O)[N+]([O-])(c2ncc(Br)s2)C1. The van der Waals surface area contributed by atoms with E-state index in [1.165, 1.54) is 11.3 Å². The molecule has 1 saturated heterocycles. The Bertz CT molecular complexity index is 420. The zero-order valence-electron chi connectivity index (χ0n) is 9.92. The maximum Gasteiger partial charge on any atom is 0.290 e. The Balaban J connectivity index is 2.15. The van der Waals surface area contributed by atoms with Crippen LogP contribution >= 0.6 is 43.2 Å². The minimum Gasteiger partial charge on any atom is -0.623 e. The van der Waals surface area contributed by atoms with Crippen molar-refractivity contribution in [2.24, 2.45) is 0 Å². The molecule has 0 radical (unpaired) electrons. The van der Waals surface area contributed by atoms with Crippen LogP contribution in [0, 0.1) is 5.21 Å². The molecule has 0 aliphatic carbocycles. The van der Waals surface area contributed by atoms with Crippen LogP contribution in [-0.2, 0) is 0 Å². The first-order chi connectivity index (χ1) is 8.47. The molecule has 18 heavy (non-hydrogen) atoms. The van der Waals surface area contributed by atoms with Crippen molar-refractivity contribution in [2.45, 2.75) is 30.9 Å². The first-order valence-electron chi connectivity index (χ1n) is 5.74.